The predicted octanol–water partition coefficient (Wildman–Crippen LogP) is 3.97. The minimum atomic E-state index is 0.595. The molecule has 0 radical (unpaired) electrons. The molecule has 0 saturated carbocycles. The van der Waals surface area contributed by atoms with Gasteiger partial charge in [-0.1, -0.05) is 41.9 Å². The first kappa shape index (κ1) is 13.0. The molecule has 1 aromatic heterocycles. The molecule has 0 amide bonds. The molecule has 2 rings (SSSR count). The summed E-state index contributed by atoms with van der Waals surface area (Å²) in [6.07, 6.45) is 0. The van der Waals surface area contributed by atoms with E-state index in [0.717, 1.165) is 28.1 Å². The van der Waals surface area contributed by atoms with Gasteiger partial charge >= 0.3 is 0 Å². The van der Waals surface area contributed by atoms with E-state index >= 15 is 0 Å². The van der Waals surface area contributed by atoms with Crippen LogP contribution in [0.4, 0.5) is 5.82 Å². The summed E-state index contributed by atoms with van der Waals surface area (Å²) in [5.74, 6) is 1.42. The third kappa shape index (κ3) is 3.53. The number of hydrogen-bond acceptors (Lipinski definition) is 3. The van der Waals surface area contributed by atoms with Gasteiger partial charge in [-0.25, -0.2) is 0 Å². The fourth-order valence-corrected chi connectivity index (χ4v) is 1.77. The van der Waals surface area contributed by atoms with Crippen LogP contribution in [0.3, 0.4) is 0 Å². The summed E-state index contributed by atoms with van der Waals surface area (Å²) in [6, 6.07) is 12.0. The van der Waals surface area contributed by atoms with Gasteiger partial charge in [0.05, 0.1) is 5.69 Å². The number of nitrogens with one attached hydrogen (secondary N) is 1. The zero-order valence-electron chi connectivity index (χ0n) is 10.5. The van der Waals surface area contributed by atoms with E-state index in [2.05, 4.69) is 45.3 Å². The van der Waals surface area contributed by atoms with E-state index < -0.39 is 0 Å². The van der Waals surface area contributed by atoms with E-state index in [1.807, 2.05) is 36.4 Å². The van der Waals surface area contributed by atoms with Crippen molar-refractivity contribution in [1.82, 2.24) is 10.2 Å². The van der Waals surface area contributed by atoms with Crippen LogP contribution in [0.2, 0.25) is 0 Å². The summed E-state index contributed by atoms with van der Waals surface area (Å²) in [7, 11) is 0. The summed E-state index contributed by atoms with van der Waals surface area (Å²) in [6.45, 7) is 5.24. The van der Waals surface area contributed by atoms with Crippen molar-refractivity contribution in [1.29, 1.82) is 0 Å². The monoisotopic (exact) mass is 305 g/mol. The number of hydrogen-bond donors (Lipinski definition) is 1. The predicted molar refractivity (Wildman–Crippen MR) is 78.5 cm³/mol. The number of halogens is 1. The third-order valence-corrected chi connectivity index (χ3v) is 3.02. The van der Waals surface area contributed by atoms with E-state index in [4.69, 9.17) is 0 Å². The normalized spacial score (nSPS) is 10.7. The second-order valence-electron chi connectivity index (χ2n) is 4.59. The molecule has 1 N–H and O–H groups in total. The van der Waals surface area contributed by atoms with Crippen LogP contribution in [0, 0.1) is 5.92 Å². The molecule has 0 atom stereocenters. The molecule has 0 aliphatic heterocycles. The van der Waals surface area contributed by atoms with Gasteiger partial charge in [-0.3, -0.25) is 0 Å². The summed E-state index contributed by atoms with van der Waals surface area (Å²) >= 11 is 3.42. The fraction of sp³-hybridized carbons (Fsp3) is 0.286. The highest BCUT2D eigenvalue weighted by Gasteiger charge is 2.01. The van der Waals surface area contributed by atoms with Crippen molar-refractivity contribution >= 4 is 21.7 Å². The number of rotatable bonds is 4. The second-order valence-corrected chi connectivity index (χ2v) is 5.50. The van der Waals surface area contributed by atoms with Crippen LogP contribution >= 0.6 is 15.9 Å². The van der Waals surface area contributed by atoms with Crippen molar-refractivity contribution < 1.29 is 0 Å². The Morgan fingerprint density at radius 3 is 2.33 bits per heavy atom. The first-order valence-electron chi connectivity index (χ1n) is 5.98. The average Bonchev–Trinajstić information content (AvgIpc) is 2.38. The highest BCUT2D eigenvalue weighted by Crippen LogP contribution is 2.19. The lowest BCUT2D eigenvalue weighted by molar-refractivity contribution is 0.686. The number of anilines is 1. The smallest absolute Gasteiger partial charge is 0.148 e. The molecule has 94 valence electrons. The molecular formula is C14H16BrN3. The Balaban J connectivity index is 2.09. The SMILES string of the molecule is CC(C)CNc1ccc(-c2ccc(Br)cc2)nn1. The van der Waals surface area contributed by atoms with Crippen LogP contribution in [-0.4, -0.2) is 16.7 Å². The summed E-state index contributed by atoms with van der Waals surface area (Å²) in [5.41, 5.74) is 1.96. The maximum atomic E-state index is 4.23. The maximum absolute atomic E-state index is 4.23. The molecule has 0 unspecified atom stereocenters. The van der Waals surface area contributed by atoms with Gasteiger partial charge in [0.2, 0.25) is 0 Å². The van der Waals surface area contributed by atoms with E-state index in [9.17, 15) is 0 Å². The van der Waals surface area contributed by atoms with Crippen molar-refractivity contribution in [3.63, 3.8) is 0 Å². The van der Waals surface area contributed by atoms with Gasteiger partial charge in [-0.15, -0.1) is 10.2 Å². The topological polar surface area (TPSA) is 37.8 Å². The van der Waals surface area contributed by atoms with E-state index in [1.54, 1.807) is 0 Å². The molecule has 18 heavy (non-hydrogen) atoms. The molecule has 0 aliphatic carbocycles. The highest BCUT2D eigenvalue weighted by atomic mass is 79.9. The van der Waals surface area contributed by atoms with Crippen molar-refractivity contribution in [3.05, 3.63) is 40.9 Å². The first-order chi connectivity index (χ1) is 8.65. The minimum absolute atomic E-state index is 0.595. The van der Waals surface area contributed by atoms with Crippen LogP contribution in [0.15, 0.2) is 40.9 Å². The molecule has 2 aromatic rings. The lowest BCUT2D eigenvalue weighted by atomic mass is 10.1. The molecule has 0 spiro atoms. The van der Waals surface area contributed by atoms with Crippen molar-refractivity contribution in [2.45, 2.75) is 13.8 Å². The molecule has 0 aliphatic rings. The zero-order chi connectivity index (χ0) is 13.0. The lowest BCUT2D eigenvalue weighted by Gasteiger charge is -2.07. The summed E-state index contributed by atoms with van der Waals surface area (Å²) in [4.78, 5) is 0. The molecule has 4 heteroatoms. The van der Waals surface area contributed by atoms with Gasteiger partial charge in [-0.05, 0) is 30.2 Å². The fourth-order valence-electron chi connectivity index (χ4n) is 1.51. The second kappa shape index (κ2) is 5.96. The molecular weight excluding hydrogens is 290 g/mol. The van der Waals surface area contributed by atoms with E-state index in [0.29, 0.717) is 5.92 Å². The molecule has 0 saturated heterocycles. The Hall–Kier alpha value is -1.42. The number of aromatic nitrogens is 2. The van der Waals surface area contributed by atoms with Crippen molar-refractivity contribution in [2.24, 2.45) is 5.92 Å². The highest BCUT2D eigenvalue weighted by molar-refractivity contribution is 9.10. The molecule has 1 heterocycles. The van der Waals surface area contributed by atoms with Gasteiger partial charge in [-0.2, -0.15) is 0 Å². The van der Waals surface area contributed by atoms with Gasteiger partial charge in [0.15, 0.2) is 0 Å². The molecule has 0 fully saturated rings. The van der Waals surface area contributed by atoms with E-state index in [1.165, 1.54) is 0 Å². The molecule has 1 aromatic carbocycles. The number of benzene rings is 1. The Morgan fingerprint density at radius 1 is 1.06 bits per heavy atom. The van der Waals surface area contributed by atoms with Crippen LogP contribution in [0.25, 0.3) is 11.3 Å². The van der Waals surface area contributed by atoms with Gasteiger partial charge in [0, 0.05) is 16.6 Å². The summed E-state index contributed by atoms with van der Waals surface area (Å²) in [5, 5.41) is 11.7. The van der Waals surface area contributed by atoms with Gasteiger partial charge in [0.1, 0.15) is 5.82 Å². The number of nitrogens with zero attached hydrogens (tertiary/aromatic N) is 2. The summed E-state index contributed by atoms with van der Waals surface area (Å²) < 4.78 is 1.06. The van der Waals surface area contributed by atoms with Gasteiger partial charge in [0.25, 0.3) is 0 Å². The van der Waals surface area contributed by atoms with E-state index in [-0.39, 0.29) is 0 Å². The Bertz CT molecular complexity index is 491. The third-order valence-electron chi connectivity index (χ3n) is 2.50. The van der Waals surface area contributed by atoms with Crippen molar-refractivity contribution in [3.8, 4) is 11.3 Å². The quantitative estimate of drug-likeness (QED) is 0.928. The Labute approximate surface area is 116 Å². The Morgan fingerprint density at radius 2 is 1.78 bits per heavy atom. The minimum Gasteiger partial charge on any atom is -0.368 e. The van der Waals surface area contributed by atoms with Crippen LogP contribution < -0.4 is 5.32 Å². The van der Waals surface area contributed by atoms with Crippen LogP contribution in [0.5, 0.6) is 0 Å². The zero-order valence-corrected chi connectivity index (χ0v) is 12.1. The first-order valence-corrected chi connectivity index (χ1v) is 6.78. The van der Waals surface area contributed by atoms with Crippen LogP contribution in [0.1, 0.15) is 13.8 Å². The largest absolute Gasteiger partial charge is 0.368 e. The maximum Gasteiger partial charge on any atom is 0.148 e. The lowest BCUT2D eigenvalue weighted by Crippen LogP contribution is -2.09. The Kier molecular flexibility index (Phi) is 4.31. The van der Waals surface area contributed by atoms with Crippen molar-refractivity contribution in [2.75, 3.05) is 11.9 Å². The molecule has 3 nitrogen and oxygen atoms in total. The molecule has 0 bridgehead atoms. The average molecular weight is 306 g/mol. The van der Waals surface area contributed by atoms with Crippen LogP contribution in [-0.2, 0) is 0 Å². The standard InChI is InChI=1S/C14H16BrN3/c1-10(2)9-16-14-8-7-13(17-18-14)11-3-5-12(15)6-4-11/h3-8,10H,9H2,1-2H3,(H,16,18). The van der Waals surface area contributed by atoms with Gasteiger partial charge < -0.3 is 5.32 Å².